The summed E-state index contributed by atoms with van der Waals surface area (Å²) in [6.45, 7) is 3.14. The van der Waals surface area contributed by atoms with Gasteiger partial charge in [0.15, 0.2) is 5.09 Å². The van der Waals surface area contributed by atoms with Gasteiger partial charge in [0.05, 0.1) is 5.56 Å². The quantitative estimate of drug-likeness (QED) is 0.838. The van der Waals surface area contributed by atoms with Gasteiger partial charge in [-0.1, -0.05) is 11.8 Å². The van der Waals surface area contributed by atoms with E-state index in [9.17, 15) is 18.0 Å². The summed E-state index contributed by atoms with van der Waals surface area (Å²) in [5.41, 5.74) is -0.259. The molecule has 5 rings (SSSR count). The van der Waals surface area contributed by atoms with E-state index in [1.54, 1.807) is 24.3 Å². The molecular formula is C19H19F3N2O2S. The largest absolute Gasteiger partial charge is 0.457 e. The molecule has 4 heterocycles. The molecule has 0 spiro atoms. The van der Waals surface area contributed by atoms with Crippen molar-refractivity contribution in [1.29, 1.82) is 0 Å². The number of fused-ring (bicyclic) bond motifs is 3. The minimum Gasteiger partial charge on any atom is -0.457 e. The average Bonchev–Trinajstić information content (AvgIpc) is 3.12. The summed E-state index contributed by atoms with van der Waals surface area (Å²) in [6, 6.07) is 7.97. The highest BCUT2D eigenvalue weighted by Crippen LogP contribution is 2.36. The molecule has 1 aromatic carbocycles. The third-order valence-electron chi connectivity index (χ3n) is 5.21. The minimum atomic E-state index is -4.42. The smallest absolute Gasteiger partial charge is 0.419 e. The zero-order valence-electron chi connectivity index (χ0n) is 14.5. The molecule has 4 nitrogen and oxygen atoms in total. The molecule has 3 aliphatic rings. The monoisotopic (exact) mass is 396 g/mol. The number of hydrogen-bond donors (Lipinski definition) is 1. The van der Waals surface area contributed by atoms with E-state index in [2.05, 4.69) is 10.2 Å². The number of carbonyl (C=O) groups excluding carboxylic acids is 1. The lowest BCUT2D eigenvalue weighted by molar-refractivity contribution is -0.137. The van der Waals surface area contributed by atoms with E-state index in [0.29, 0.717) is 22.6 Å². The van der Waals surface area contributed by atoms with Gasteiger partial charge in [0.2, 0.25) is 0 Å². The van der Waals surface area contributed by atoms with Gasteiger partial charge in [0.1, 0.15) is 6.26 Å². The Balaban J connectivity index is 1.37. The number of benzene rings is 1. The van der Waals surface area contributed by atoms with Gasteiger partial charge in [0.25, 0.3) is 5.91 Å². The second kappa shape index (κ2) is 7.24. The van der Waals surface area contributed by atoms with E-state index in [4.69, 9.17) is 4.42 Å². The summed E-state index contributed by atoms with van der Waals surface area (Å²) in [5.74, 6) is 0.443. The molecular weight excluding hydrogens is 377 g/mol. The minimum absolute atomic E-state index is 0.109. The summed E-state index contributed by atoms with van der Waals surface area (Å²) >= 11 is 1.09. The van der Waals surface area contributed by atoms with Crippen molar-refractivity contribution in [3.63, 3.8) is 0 Å². The van der Waals surface area contributed by atoms with Crippen LogP contribution in [-0.2, 0) is 6.18 Å². The maximum Gasteiger partial charge on any atom is 0.419 e. The van der Waals surface area contributed by atoms with Crippen molar-refractivity contribution in [3.05, 3.63) is 47.7 Å². The molecule has 1 N–H and O–H groups in total. The summed E-state index contributed by atoms with van der Waals surface area (Å²) in [7, 11) is 0. The first-order valence-corrected chi connectivity index (χ1v) is 9.67. The van der Waals surface area contributed by atoms with Crippen molar-refractivity contribution in [2.24, 2.45) is 5.92 Å². The molecule has 0 aliphatic carbocycles. The van der Waals surface area contributed by atoms with Crippen LogP contribution in [0.15, 0.2) is 51.0 Å². The van der Waals surface area contributed by atoms with Crippen molar-refractivity contribution in [2.45, 2.75) is 35.0 Å². The van der Waals surface area contributed by atoms with Crippen LogP contribution in [0.3, 0.4) is 0 Å². The molecule has 3 aliphatic heterocycles. The van der Waals surface area contributed by atoms with Crippen LogP contribution in [0.4, 0.5) is 13.2 Å². The van der Waals surface area contributed by atoms with E-state index in [1.165, 1.54) is 0 Å². The number of furan rings is 1. The zero-order chi connectivity index (χ0) is 19.0. The average molecular weight is 396 g/mol. The molecule has 8 heteroatoms. The van der Waals surface area contributed by atoms with Gasteiger partial charge in [-0.3, -0.25) is 4.79 Å². The van der Waals surface area contributed by atoms with E-state index in [1.807, 2.05) is 0 Å². The number of alkyl halides is 3. The normalized spacial score (nSPS) is 24.8. The standard InChI is InChI=1S/C19H19F3N2O2S/c20-19(21,22)14-9-17(26-11-14)27-15-3-1-13(2-4-15)18(25)23-16-10-24-7-5-12(16)6-8-24/h1-4,9,11-12,16H,5-8,10H2,(H,23,25). The Morgan fingerprint density at radius 2 is 1.89 bits per heavy atom. The Hall–Kier alpha value is -1.93. The second-order valence-electron chi connectivity index (χ2n) is 7.00. The van der Waals surface area contributed by atoms with Crippen LogP contribution >= 0.6 is 11.8 Å². The molecule has 0 saturated carbocycles. The molecule has 1 aromatic heterocycles. The third-order valence-corrected chi connectivity index (χ3v) is 6.13. The van der Waals surface area contributed by atoms with Crippen molar-refractivity contribution in [3.8, 4) is 0 Å². The highest BCUT2D eigenvalue weighted by atomic mass is 32.2. The van der Waals surface area contributed by atoms with Crippen LogP contribution in [-0.4, -0.2) is 36.5 Å². The first-order valence-electron chi connectivity index (χ1n) is 8.85. The fourth-order valence-corrected chi connectivity index (χ4v) is 4.48. The van der Waals surface area contributed by atoms with E-state index in [-0.39, 0.29) is 17.0 Å². The van der Waals surface area contributed by atoms with Gasteiger partial charge in [-0.2, -0.15) is 13.2 Å². The van der Waals surface area contributed by atoms with Crippen molar-refractivity contribution >= 4 is 17.7 Å². The number of amides is 1. The third kappa shape index (κ3) is 4.16. The fourth-order valence-electron chi connectivity index (χ4n) is 3.69. The van der Waals surface area contributed by atoms with Gasteiger partial charge in [-0.15, -0.1) is 0 Å². The van der Waals surface area contributed by atoms with Crippen molar-refractivity contribution < 1.29 is 22.4 Å². The molecule has 3 saturated heterocycles. The molecule has 2 bridgehead atoms. The first-order chi connectivity index (χ1) is 12.9. The summed E-state index contributed by atoms with van der Waals surface area (Å²) in [5, 5.41) is 3.28. The summed E-state index contributed by atoms with van der Waals surface area (Å²) < 4.78 is 42.8. The zero-order valence-corrected chi connectivity index (χ0v) is 15.3. The molecule has 2 aromatic rings. The predicted octanol–water partition coefficient (Wildman–Crippen LogP) is 4.27. The Labute approximate surface area is 159 Å². The molecule has 0 radical (unpaired) electrons. The van der Waals surface area contributed by atoms with Crippen LogP contribution in [0.25, 0.3) is 0 Å². The lowest BCUT2D eigenvalue weighted by Gasteiger charge is -2.44. The molecule has 1 atom stereocenters. The SMILES string of the molecule is O=C(NC1CN2CCC1CC2)c1ccc(Sc2cc(C(F)(F)F)co2)cc1. The lowest BCUT2D eigenvalue weighted by atomic mass is 9.84. The highest BCUT2D eigenvalue weighted by molar-refractivity contribution is 7.99. The van der Waals surface area contributed by atoms with Gasteiger partial charge in [-0.25, -0.2) is 0 Å². The molecule has 1 amide bonds. The van der Waals surface area contributed by atoms with Crippen LogP contribution < -0.4 is 5.32 Å². The van der Waals surface area contributed by atoms with Crippen LogP contribution in [0, 0.1) is 5.92 Å². The van der Waals surface area contributed by atoms with Crippen molar-refractivity contribution in [1.82, 2.24) is 10.2 Å². The van der Waals surface area contributed by atoms with Gasteiger partial charge >= 0.3 is 6.18 Å². The van der Waals surface area contributed by atoms with Gasteiger partial charge in [0, 0.05) is 29.1 Å². The second-order valence-corrected chi connectivity index (χ2v) is 8.07. The number of rotatable bonds is 4. The fraction of sp³-hybridized carbons (Fsp3) is 0.421. The number of nitrogens with zero attached hydrogens (tertiary/aromatic N) is 1. The van der Waals surface area contributed by atoms with Crippen LogP contribution in [0.2, 0.25) is 0 Å². The number of nitrogens with one attached hydrogen (secondary N) is 1. The van der Waals surface area contributed by atoms with E-state index >= 15 is 0 Å². The molecule has 1 unspecified atom stereocenters. The van der Waals surface area contributed by atoms with Crippen LogP contribution in [0.5, 0.6) is 0 Å². The maximum absolute atomic E-state index is 12.6. The Morgan fingerprint density at radius 3 is 2.44 bits per heavy atom. The maximum atomic E-state index is 12.6. The summed E-state index contributed by atoms with van der Waals surface area (Å²) in [4.78, 5) is 15.6. The Bertz CT molecular complexity index is 811. The molecule has 27 heavy (non-hydrogen) atoms. The highest BCUT2D eigenvalue weighted by Gasteiger charge is 2.35. The van der Waals surface area contributed by atoms with Crippen LogP contribution in [0.1, 0.15) is 28.8 Å². The Morgan fingerprint density at radius 1 is 1.19 bits per heavy atom. The number of halogens is 3. The Kier molecular flexibility index (Phi) is 4.94. The summed E-state index contributed by atoms with van der Waals surface area (Å²) in [6.07, 6.45) is -1.45. The predicted molar refractivity (Wildman–Crippen MR) is 94.7 cm³/mol. The number of hydrogen-bond acceptors (Lipinski definition) is 4. The van der Waals surface area contributed by atoms with E-state index < -0.39 is 11.7 Å². The number of piperidine rings is 3. The number of carbonyl (C=O) groups is 1. The van der Waals surface area contributed by atoms with E-state index in [0.717, 1.165) is 50.3 Å². The first kappa shape index (κ1) is 18.4. The lowest BCUT2D eigenvalue weighted by Crippen LogP contribution is -2.57. The van der Waals surface area contributed by atoms with Gasteiger partial charge in [-0.05, 0) is 56.1 Å². The molecule has 3 fully saturated rings. The molecule has 144 valence electrons. The van der Waals surface area contributed by atoms with Gasteiger partial charge < -0.3 is 14.6 Å². The topological polar surface area (TPSA) is 45.5 Å². The van der Waals surface area contributed by atoms with Crippen molar-refractivity contribution in [2.75, 3.05) is 19.6 Å².